The van der Waals surface area contributed by atoms with Gasteiger partial charge in [0.25, 0.3) is 0 Å². The van der Waals surface area contributed by atoms with Crippen LogP contribution in [0, 0.1) is 0 Å². The zero-order chi connectivity index (χ0) is 19.8. The van der Waals surface area contributed by atoms with Crippen LogP contribution in [-0.4, -0.2) is 26.2 Å². The van der Waals surface area contributed by atoms with Crippen LogP contribution in [0.1, 0.15) is 140 Å². The number of nitrogens with one attached hydrogen (secondary N) is 2. The van der Waals surface area contributed by atoms with Crippen LogP contribution in [0.3, 0.4) is 0 Å². The van der Waals surface area contributed by atoms with Crippen molar-refractivity contribution in [2.45, 2.75) is 140 Å². The summed E-state index contributed by atoms with van der Waals surface area (Å²) in [5, 5.41) is 6.51. The molecule has 2 nitrogen and oxygen atoms in total. The number of hydrogen-bond acceptors (Lipinski definition) is 2. The predicted octanol–water partition coefficient (Wildman–Crippen LogP) is 10.3. The fourth-order valence-electron chi connectivity index (χ4n) is 3.76. The van der Waals surface area contributed by atoms with E-state index < -0.39 is 0 Å². The Balaban J connectivity index is -0.0000000956. The van der Waals surface area contributed by atoms with E-state index in [2.05, 4.69) is 10.6 Å². The van der Waals surface area contributed by atoms with E-state index in [-0.39, 0.29) is 37.1 Å². The first kappa shape index (κ1) is 42.3. The van der Waals surface area contributed by atoms with Crippen LogP contribution < -0.4 is 10.6 Å². The Labute approximate surface area is 213 Å². The van der Waals surface area contributed by atoms with Crippen LogP contribution in [0.5, 0.6) is 0 Å². The molecule has 4 aliphatic rings. The second-order valence-corrected chi connectivity index (χ2v) is 8.31. The van der Waals surface area contributed by atoms with E-state index >= 15 is 0 Å². The number of piperidine rings is 1. The highest BCUT2D eigenvalue weighted by atomic mass is 14.9. The van der Waals surface area contributed by atoms with Gasteiger partial charge in [0.05, 0.1) is 0 Å². The maximum absolute atomic E-state index is 3.28. The van der Waals surface area contributed by atoms with E-state index in [1.165, 1.54) is 129 Å². The first-order valence-corrected chi connectivity index (χ1v) is 12.4. The van der Waals surface area contributed by atoms with Crippen LogP contribution in [-0.2, 0) is 0 Å². The Morgan fingerprint density at radius 3 is 0.515 bits per heavy atom. The molecule has 0 spiro atoms. The summed E-state index contributed by atoms with van der Waals surface area (Å²) >= 11 is 0. The summed E-state index contributed by atoms with van der Waals surface area (Å²) in [6, 6.07) is 12.0. The quantitative estimate of drug-likeness (QED) is 0.395. The molecule has 2 saturated heterocycles. The molecule has 2 heteroatoms. The molecule has 5 rings (SSSR count). The average molecular weight is 469 g/mol. The lowest BCUT2D eigenvalue weighted by molar-refractivity contribution is 0.504. The van der Waals surface area contributed by atoms with E-state index in [9.17, 15) is 0 Å². The predicted molar refractivity (Wildman–Crippen MR) is 160 cm³/mol. The fourth-order valence-corrected chi connectivity index (χ4v) is 3.76. The van der Waals surface area contributed by atoms with Crippen molar-refractivity contribution < 1.29 is 0 Å². The third kappa shape index (κ3) is 35.9. The van der Waals surface area contributed by atoms with Crippen molar-refractivity contribution >= 4 is 0 Å². The molecular weight excluding hydrogens is 400 g/mol. The summed E-state index contributed by atoms with van der Waals surface area (Å²) in [7, 11) is 0. The fraction of sp³-hybridized carbons (Fsp3) is 0.806. The molecule has 0 radical (unpaired) electrons. The number of rotatable bonds is 0. The van der Waals surface area contributed by atoms with E-state index in [0.29, 0.717) is 0 Å². The largest absolute Gasteiger partial charge is 0.317 e. The van der Waals surface area contributed by atoms with Crippen LogP contribution >= 0.6 is 0 Å². The molecule has 4 fully saturated rings. The van der Waals surface area contributed by atoms with Crippen LogP contribution in [0.4, 0.5) is 0 Å². The van der Waals surface area contributed by atoms with Gasteiger partial charge in [-0.2, -0.15) is 0 Å². The second kappa shape index (κ2) is 38.4. The lowest BCUT2D eigenvalue weighted by atomic mass is 10.0. The summed E-state index contributed by atoms with van der Waals surface area (Å²) in [6.07, 6.45) is 23.5. The van der Waals surface area contributed by atoms with Gasteiger partial charge in [-0.05, 0) is 51.9 Å². The number of benzene rings is 1. The molecular formula is C31H68N2. The van der Waals surface area contributed by atoms with Crippen molar-refractivity contribution in [2.75, 3.05) is 26.2 Å². The van der Waals surface area contributed by atoms with Gasteiger partial charge in [0.1, 0.15) is 0 Å². The van der Waals surface area contributed by atoms with Crippen LogP contribution in [0.15, 0.2) is 36.4 Å². The monoisotopic (exact) mass is 469 g/mol. The zero-order valence-electron chi connectivity index (χ0n) is 18.6. The molecule has 33 heavy (non-hydrogen) atoms. The highest BCUT2D eigenvalue weighted by Crippen LogP contribution is 2.15. The lowest BCUT2D eigenvalue weighted by Gasteiger charge is -2.08. The SMILES string of the molecule is C.C.C.C.C.C1CCCC1.C1CCCCC1.C1CCNC1.C1CCNCC1.c1ccccc1. The van der Waals surface area contributed by atoms with Crippen molar-refractivity contribution in [1.82, 2.24) is 10.6 Å². The van der Waals surface area contributed by atoms with Gasteiger partial charge in [-0.25, -0.2) is 0 Å². The summed E-state index contributed by atoms with van der Waals surface area (Å²) in [6.45, 7) is 5.00. The van der Waals surface area contributed by atoms with Crippen molar-refractivity contribution in [3.63, 3.8) is 0 Å². The van der Waals surface area contributed by atoms with E-state index in [4.69, 9.17) is 0 Å². The van der Waals surface area contributed by atoms with E-state index in [1.54, 1.807) is 0 Å². The smallest absolute Gasteiger partial charge is 0.00484 e. The van der Waals surface area contributed by atoms with E-state index in [0.717, 1.165) is 0 Å². The number of hydrogen-bond donors (Lipinski definition) is 2. The van der Waals surface area contributed by atoms with Gasteiger partial charge in [-0.3, -0.25) is 0 Å². The van der Waals surface area contributed by atoms with E-state index in [1.807, 2.05) is 36.4 Å². The van der Waals surface area contributed by atoms with Crippen LogP contribution in [0.2, 0.25) is 0 Å². The Morgan fingerprint density at radius 1 is 0.242 bits per heavy atom. The minimum absolute atomic E-state index is 0. The zero-order valence-corrected chi connectivity index (χ0v) is 18.6. The molecule has 0 atom stereocenters. The lowest BCUT2D eigenvalue weighted by Crippen LogP contribution is -2.21. The summed E-state index contributed by atoms with van der Waals surface area (Å²) in [4.78, 5) is 0. The Kier molecular flexibility index (Phi) is 49.2. The maximum atomic E-state index is 3.28. The first-order valence-electron chi connectivity index (χ1n) is 12.4. The van der Waals surface area contributed by atoms with Crippen molar-refractivity contribution in [2.24, 2.45) is 0 Å². The third-order valence-corrected chi connectivity index (χ3v) is 5.58. The van der Waals surface area contributed by atoms with Gasteiger partial charge >= 0.3 is 0 Å². The molecule has 2 aliphatic heterocycles. The average Bonchev–Trinajstić information content (AvgIpc) is 3.58. The molecule has 0 bridgehead atoms. The van der Waals surface area contributed by atoms with Gasteiger partial charge in [0, 0.05) is 0 Å². The molecule has 2 aliphatic carbocycles. The Bertz CT molecular complexity index is 277. The molecule has 1 aromatic rings. The van der Waals surface area contributed by atoms with Crippen LogP contribution in [0.25, 0.3) is 0 Å². The van der Waals surface area contributed by atoms with Crippen molar-refractivity contribution in [3.8, 4) is 0 Å². The molecule has 2 N–H and O–H groups in total. The summed E-state index contributed by atoms with van der Waals surface area (Å²) in [5.74, 6) is 0. The standard InChI is InChI=1S/C6H12.C6H6.C5H11N.C5H10.C4H9N.5CH4/c3*1-2-4-6-5-3-1;2*1-2-4-5-3-1;;;;;/h1-6H2;1-6H;6H,1-5H2;1-5H2;5H,1-4H2;5*1H4. The van der Waals surface area contributed by atoms with Gasteiger partial charge in [0.15, 0.2) is 0 Å². The third-order valence-electron chi connectivity index (χ3n) is 5.58. The minimum atomic E-state index is 0. The second-order valence-electron chi connectivity index (χ2n) is 8.31. The van der Waals surface area contributed by atoms with Crippen molar-refractivity contribution in [3.05, 3.63) is 36.4 Å². The van der Waals surface area contributed by atoms with Gasteiger partial charge < -0.3 is 10.6 Å². The molecule has 0 unspecified atom stereocenters. The normalized spacial score (nSPS) is 17.5. The van der Waals surface area contributed by atoms with Crippen molar-refractivity contribution in [1.29, 1.82) is 0 Å². The van der Waals surface area contributed by atoms with Gasteiger partial charge in [-0.15, -0.1) is 0 Å². The van der Waals surface area contributed by atoms with Gasteiger partial charge in [0.2, 0.25) is 0 Å². The van der Waals surface area contributed by atoms with Gasteiger partial charge in [-0.1, -0.05) is 151 Å². The first-order chi connectivity index (χ1) is 14.0. The minimum Gasteiger partial charge on any atom is -0.317 e. The Morgan fingerprint density at radius 2 is 0.394 bits per heavy atom. The molecule has 202 valence electrons. The summed E-state index contributed by atoms with van der Waals surface area (Å²) in [5.41, 5.74) is 0. The topological polar surface area (TPSA) is 24.1 Å². The molecule has 2 saturated carbocycles. The Hall–Kier alpha value is -0.860. The summed E-state index contributed by atoms with van der Waals surface area (Å²) < 4.78 is 0. The molecule has 0 amide bonds. The highest BCUT2D eigenvalue weighted by molar-refractivity contribution is 4.99. The molecule has 1 aromatic carbocycles. The molecule has 0 aromatic heterocycles. The molecule has 2 heterocycles. The highest BCUT2D eigenvalue weighted by Gasteiger charge is 1.96. The maximum Gasteiger partial charge on any atom is -0.00484 e.